The third kappa shape index (κ3) is 4.02. The molecule has 0 aliphatic heterocycles. The van der Waals surface area contributed by atoms with Gasteiger partial charge in [0, 0.05) is 16.7 Å². The van der Waals surface area contributed by atoms with Crippen LogP contribution in [0.2, 0.25) is 5.02 Å². The first kappa shape index (κ1) is 22.1. The summed E-state index contributed by atoms with van der Waals surface area (Å²) >= 11 is 5.80. The molecule has 3 aromatic carbocycles. The van der Waals surface area contributed by atoms with Gasteiger partial charge < -0.3 is 0 Å². The smallest absolute Gasteiger partial charge is 0.256 e. The van der Waals surface area contributed by atoms with E-state index in [1.54, 1.807) is 0 Å². The highest BCUT2D eigenvalue weighted by atomic mass is 35.5. The molecule has 1 radical (unpaired) electrons. The maximum atomic E-state index is 14.6. The summed E-state index contributed by atoms with van der Waals surface area (Å²) in [4.78, 5) is -0.301. The van der Waals surface area contributed by atoms with Gasteiger partial charge in [0.1, 0.15) is 11.6 Å². The highest BCUT2D eigenvalue weighted by Gasteiger charge is 2.35. The third-order valence-corrected chi connectivity index (χ3v) is 6.66. The Morgan fingerprint density at radius 2 is 1.53 bits per heavy atom. The van der Waals surface area contributed by atoms with E-state index in [0.29, 0.717) is 10.4 Å². The molecule has 0 spiro atoms. The zero-order valence-electron chi connectivity index (χ0n) is 15.5. The molecule has 9 heteroatoms. The Labute approximate surface area is 176 Å². The van der Waals surface area contributed by atoms with Crippen molar-refractivity contribution in [1.29, 1.82) is 0 Å². The molecule has 1 atom stereocenters. The Bertz CT molecular complexity index is 1200. The van der Waals surface area contributed by atoms with Crippen LogP contribution < -0.4 is 4.31 Å². The SMILES string of the molecule is [CH2]c1ccc(F)c(F)c1[C@@H](C)N(c1cc(F)ccc1F)S(=O)(=O)c1ccc(Cl)cc1. The first-order valence-corrected chi connectivity index (χ1v) is 10.4. The van der Waals surface area contributed by atoms with Gasteiger partial charge in [-0.05, 0) is 61.9 Å². The van der Waals surface area contributed by atoms with E-state index in [2.05, 4.69) is 6.92 Å². The molecule has 3 rings (SSSR count). The van der Waals surface area contributed by atoms with Gasteiger partial charge >= 0.3 is 0 Å². The molecule has 0 amide bonds. The second kappa shape index (κ2) is 8.28. The van der Waals surface area contributed by atoms with E-state index in [4.69, 9.17) is 11.6 Å². The number of halogens is 5. The highest BCUT2D eigenvalue weighted by molar-refractivity contribution is 7.92. The minimum atomic E-state index is -4.55. The molecule has 0 unspecified atom stereocenters. The van der Waals surface area contributed by atoms with Crippen LogP contribution in [0, 0.1) is 30.2 Å². The van der Waals surface area contributed by atoms with E-state index >= 15 is 0 Å². The van der Waals surface area contributed by atoms with E-state index in [9.17, 15) is 26.0 Å². The molecular formula is C21H15ClF4NO2S. The number of hydrogen-bond acceptors (Lipinski definition) is 2. The summed E-state index contributed by atoms with van der Waals surface area (Å²) in [5.41, 5.74) is -1.08. The molecule has 30 heavy (non-hydrogen) atoms. The van der Waals surface area contributed by atoms with Crippen molar-refractivity contribution in [2.24, 2.45) is 0 Å². The summed E-state index contributed by atoms with van der Waals surface area (Å²) < 4.78 is 84.2. The minimum Gasteiger partial charge on any atom is -0.256 e. The third-order valence-electron chi connectivity index (χ3n) is 4.51. The summed E-state index contributed by atoms with van der Waals surface area (Å²) in [6.07, 6.45) is 0. The van der Waals surface area contributed by atoms with Crippen molar-refractivity contribution in [1.82, 2.24) is 0 Å². The van der Waals surface area contributed by atoms with Gasteiger partial charge in [0.25, 0.3) is 10.0 Å². The van der Waals surface area contributed by atoms with Crippen LogP contribution >= 0.6 is 11.6 Å². The summed E-state index contributed by atoms with van der Waals surface area (Å²) in [6.45, 7) is 4.84. The second-order valence-electron chi connectivity index (χ2n) is 6.46. The first-order valence-electron chi connectivity index (χ1n) is 8.59. The Morgan fingerprint density at radius 3 is 2.17 bits per heavy atom. The van der Waals surface area contributed by atoms with Gasteiger partial charge in [-0.15, -0.1) is 0 Å². The molecular weight excluding hydrogens is 442 g/mol. The van der Waals surface area contributed by atoms with E-state index in [-0.39, 0.29) is 15.5 Å². The van der Waals surface area contributed by atoms with E-state index in [1.165, 1.54) is 37.3 Å². The van der Waals surface area contributed by atoms with Crippen molar-refractivity contribution in [2.75, 3.05) is 4.31 Å². The van der Waals surface area contributed by atoms with Crippen molar-refractivity contribution in [2.45, 2.75) is 17.9 Å². The molecule has 3 aromatic rings. The predicted molar refractivity (Wildman–Crippen MR) is 107 cm³/mol. The van der Waals surface area contributed by atoms with Crippen LogP contribution in [0.4, 0.5) is 23.2 Å². The molecule has 0 heterocycles. The number of sulfonamides is 1. The number of rotatable bonds is 5. The fourth-order valence-electron chi connectivity index (χ4n) is 3.10. The van der Waals surface area contributed by atoms with Gasteiger partial charge in [-0.2, -0.15) is 0 Å². The Hall–Kier alpha value is -2.58. The van der Waals surface area contributed by atoms with Crippen LogP contribution in [0.15, 0.2) is 59.5 Å². The minimum absolute atomic E-state index is 0.00508. The summed E-state index contributed by atoms with van der Waals surface area (Å²) in [5, 5.41) is 0.252. The lowest BCUT2D eigenvalue weighted by Crippen LogP contribution is -2.35. The summed E-state index contributed by atoms with van der Waals surface area (Å²) in [7, 11) is -4.55. The normalized spacial score (nSPS) is 12.6. The van der Waals surface area contributed by atoms with Crippen LogP contribution in [0.25, 0.3) is 0 Å². The molecule has 3 nitrogen and oxygen atoms in total. The first-order chi connectivity index (χ1) is 14.0. The van der Waals surface area contributed by atoms with Gasteiger partial charge in [0.15, 0.2) is 11.6 Å². The zero-order valence-corrected chi connectivity index (χ0v) is 17.1. The molecule has 0 saturated carbocycles. The van der Waals surface area contributed by atoms with Crippen LogP contribution in [-0.2, 0) is 10.0 Å². The topological polar surface area (TPSA) is 37.4 Å². The fraction of sp³-hybridized carbons (Fsp3) is 0.0952. The van der Waals surface area contributed by atoms with Gasteiger partial charge in [-0.1, -0.05) is 17.7 Å². The van der Waals surface area contributed by atoms with Crippen molar-refractivity contribution in [3.8, 4) is 0 Å². The summed E-state index contributed by atoms with van der Waals surface area (Å²) in [5.74, 6) is -4.54. The quantitative estimate of drug-likeness (QED) is 0.439. The van der Waals surface area contributed by atoms with Gasteiger partial charge in [0.2, 0.25) is 0 Å². The van der Waals surface area contributed by atoms with E-state index < -0.39 is 50.6 Å². The molecule has 0 bridgehead atoms. The maximum absolute atomic E-state index is 14.6. The zero-order chi connectivity index (χ0) is 22.2. The van der Waals surface area contributed by atoms with Crippen LogP contribution in [0.3, 0.4) is 0 Å². The molecule has 0 aromatic heterocycles. The fourth-order valence-corrected chi connectivity index (χ4v) is 4.85. The van der Waals surface area contributed by atoms with Crippen LogP contribution in [0.5, 0.6) is 0 Å². The average molecular weight is 457 g/mol. The lowest BCUT2D eigenvalue weighted by molar-refractivity contribution is 0.489. The molecule has 0 fully saturated rings. The van der Waals surface area contributed by atoms with Crippen LogP contribution in [-0.4, -0.2) is 8.42 Å². The Kier molecular flexibility index (Phi) is 6.10. The standard InChI is InChI=1S/C21H15ClF4NO2S/c1-12-3-9-18(25)21(26)20(12)13(2)27(19-11-15(23)6-10-17(19)24)30(28,29)16-7-4-14(22)5-8-16/h3-11,13H,1H2,2H3/t13-/m1/s1. The van der Waals surface area contributed by atoms with Crippen molar-refractivity contribution < 1.29 is 26.0 Å². The predicted octanol–water partition coefficient (Wildman–Crippen LogP) is 6.04. The Balaban J connectivity index is 2.30. The molecule has 0 N–H and O–H groups in total. The van der Waals surface area contributed by atoms with Crippen molar-refractivity contribution >= 4 is 27.3 Å². The lowest BCUT2D eigenvalue weighted by Gasteiger charge is -2.32. The van der Waals surface area contributed by atoms with Gasteiger partial charge in [-0.25, -0.2) is 26.0 Å². The Morgan fingerprint density at radius 1 is 0.933 bits per heavy atom. The number of hydrogen-bond donors (Lipinski definition) is 0. The largest absolute Gasteiger partial charge is 0.264 e. The van der Waals surface area contributed by atoms with Crippen molar-refractivity contribution in [3.63, 3.8) is 0 Å². The van der Waals surface area contributed by atoms with Crippen molar-refractivity contribution in [3.05, 3.63) is 101 Å². The van der Waals surface area contributed by atoms with Gasteiger partial charge in [-0.3, -0.25) is 4.31 Å². The average Bonchev–Trinajstić information content (AvgIpc) is 2.68. The number of benzene rings is 3. The summed E-state index contributed by atoms with van der Waals surface area (Å²) in [6, 6.07) is 7.70. The lowest BCUT2D eigenvalue weighted by atomic mass is 10.0. The highest BCUT2D eigenvalue weighted by Crippen LogP contribution is 2.37. The molecule has 0 aliphatic carbocycles. The second-order valence-corrected chi connectivity index (χ2v) is 8.71. The number of nitrogens with zero attached hydrogens (tertiary/aromatic N) is 1. The van der Waals surface area contributed by atoms with Gasteiger partial charge in [0.05, 0.1) is 16.6 Å². The number of anilines is 1. The van der Waals surface area contributed by atoms with Crippen LogP contribution in [0.1, 0.15) is 24.1 Å². The van der Waals surface area contributed by atoms with E-state index in [1.807, 2.05) is 0 Å². The monoisotopic (exact) mass is 456 g/mol. The molecule has 157 valence electrons. The molecule has 0 aliphatic rings. The maximum Gasteiger partial charge on any atom is 0.264 e. The molecule has 0 saturated heterocycles. The van der Waals surface area contributed by atoms with E-state index in [0.717, 1.165) is 18.2 Å².